The van der Waals surface area contributed by atoms with Crippen molar-refractivity contribution in [1.82, 2.24) is 4.90 Å². The molecule has 3 unspecified atom stereocenters. The summed E-state index contributed by atoms with van der Waals surface area (Å²) in [7, 11) is 2.11. The van der Waals surface area contributed by atoms with E-state index in [-0.39, 0.29) is 11.4 Å². The molecule has 3 atom stereocenters. The van der Waals surface area contributed by atoms with Crippen molar-refractivity contribution in [3.8, 4) is 0 Å². The number of fused-ring (bicyclic) bond motifs is 2. The molecular formula is C16H23FN2. The van der Waals surface area contributed by atoms with Gasteiger partial charge in [0.25, 0.3) is 0 Å². The van der Waals surface area contributed by atoms with Crippen LogP contribution < -0.4 is 5.73 Å². The van der Waals surface area contributed by atoms with Crippen molar-refractivity contribution in [2.75, 3.05) is 13.6 Å². The van der Waals surface area contributed by atoms with E-state index in [0.717, 1.165) is 11.5 Å². The van der Waals surface area contributed by atoms with Gasteiger partial charge >= 0.3 is 0 Å². The molecule has 2 aliphatic carbocycles. The Kier molecular flexibility index (Phi) is 3.35. The molecule has 2 fully saturated rings. The molecule has 2 saturated carbocycles. The van der Waals surface area contributed by atoms with E-state index in [1.807, 2.05) is 12.1 Å². The smallest absolute Gasteiger partial charge is 0.127 e. The second-order valence-corrected chi connectivity index (χ2v) is 6.34. The Morgan fingerprint density at radius 2 is 2.16 bits per heavy atom. The summed E-state index contributed by atoms with van der Waals surface area (Å²) in [5, 5.41) is 0. The fourth-order valence-corrected chi connectivity index (χ4v) is 4.33. The molecule has 1 aromatic rings. The van der Waals surface area contributed by atoms with Gasteiger partial charge < -0.3 is 5.73 Å². The molecule has 0 heterocycles. The van der Waals surface area contributed by atoms with Crippen molar-refractivity contribution in [2.45, 2.75) is 37.8 Å². The van der Waals surface area contributed by atoms with E-state index in [0.29, 0.717) is 19.0 Å². The summed E-state index contributed by atoms with van der Waals surface area (Å²) >= 11 is 0. The van der Waals surface area contributed by atoms with Crippen LogP contribution in [0, 0.1) is 17.7 Å². The lowest BCUT2D eigenvalue weighted by Crippen LogP contribution is -2.55. The van der Waals surface area contributed by atoms with Crippen LogP contribution in [0.1, 0.15) is 31.2 Å². The first-order chi connectivity index (χ1) is 9.15. The van der Waals surface area contributed by atoms with E-state index in [4.69, 9.17) is 5.73 Å². The predicted octanol–water partition coefficient (Wildman–Crippen LogP) is 2.78. The summed E-state index contributed by atoms with van der Waals surface area (Å²) in [6.45, 7) is 1.35. The first kappa shape index (κ1) is 13.1. The lowest BCUT2D eigenvalue weighted by atomic mass is 9.79. The number of hydrogen-bond donors (Lipinski definition) is 1. The Labute approximate surface area is 114 Å². The fraction of sp³-hybridized carbons (Fsp3) is 0.625. The molecule has 3 heteroatoms. The molecule has 0 aromatic heterocycles. The minimum atomic E-state index is -0.107. The maximum atomic E-state index is 13.8. The third kappa shape index (κ3) is 2.09. The van der Waals surface area contributed by atoms with Crippen molar-refractivity contribution in [3.63, 3.8) is 0 Å². The molecule has 2 aliphatic rings. The molecular weight excluding hydrogens is 239 g/mol. The molecule has 1 aromatic carbocycles. The molecule has 0 spiro atoms. The Balaban J connectivity index is 1.79. The minimum absolute atomic E-state index is 0.102. The summed E-state index contributed by atoms with van der Waals surface area (Å²) < 4.78 is 13.8. The second-order valence-electron chi connectivity index (χ2n) is 6.34. The molecule has 0 saturated heterocycles. The van der Waals surface area contributed by atoms with E-state index < -0.39 is 0 Å². The zero-order valence-corrected chi connectivity index (χ0v) is 11.6. The van der Waals surface area contributed by atoms with Crippen molar-refractivity contribution in [2.24, 2.45) is 17.6 Å². The van der Waals surface area contributed by atoms with Crippen LogP contribution in [0.25, 0.3) is 0 Å². The Morgan fingerprint density at radius 1 is 1.37 bits per heavy atom. The number of hydrogen-bond acceptors (Lipinski definition) is 2. The summed E-state index contributed by atoms with van der Waals surface area (Å²) in [5.74, 6) is 1.44. The van der Waals surface area contributed by atoms with Gasteiger partial charge in [-0.25, -0.2) is 4.39 Å². The Morgan fingerprint density at radius 3 is 2.74 bits per heavy atom. The van der Waals surface area contributed by atoms with Gasteiger partial charge in [0, 0.05) is 24.2 Å². The molecule has 2 bridgehead atoms. The highest BCUT2D eigenvalue weighted by atomic mass is 19.1. The maximum Gasteiger partial charge on any atom is 0.127 e. The van der Waals surface area contributed by atoms with Crippen LogP contribution in [0.2, 0.25) is 0 Å². The lowest BCUT2D eigenvalue weighted by Gasteiger charge is -2.44. The van der Waals surface area contributed by atoms with Gasteiger partial charge in [-0.3, -0.25) is 4.90 Å². The Bertz CT molecular complexity index is 462. The lowest BCUT2D eigenvalue weighted by molar-refractivity contribution is 0.0582. The zero-order chi connectivity index (χ0) is 13.5. The number of halogens is 1. The SMILES string of the molecule is CN(Cc1ccccc1F)C1(CN)CC2CCC1C2. The quantitative estimate of drug-likeness (QED) is 0.904. The maximum absolute atomic E-state index is 13.8. The molecule has 19 heavy (non-hydrogen) atoms. The van der Waals surface area contributed by atoms with Crippen LogP contribution in [0.5, 0.6) is 0 Å². The molecule has 0 aliphatic heterocycles. The third-order valence-electron chi connectivity index (χ3n) is 5.42. The van der Waals surface area contributed by atoms with E-state index >= 15 is 0 Å². The fourth-order valence-electron chi connectivity index (χ4n) is 4.33. The van der Waals surface area contributed by atoms with E-state index in [1.54, 1.807) is 12.1 Å². The number of likely N-dealkylation sites (N-methyl/N-ethyl adjacent to an activating group) is 1. The summed E-state index contributed by atoms with van der Waals surface area (Å²) in [4.78, 5) is 2.31. The van der Waals surface area contributed by atoms with Gasteiger partial charge in [-0.1, -0.05) is 24.6 Å². The topological polar surface area (TPSA) is 29.3 Å². The summed E-state index contributed by atoms with van der Waals surface area (Å²) in [6, 6.07) is 7.07. The van der Waals surface area contributed by atoms with Crippen molar-refractivity contribution < 1.29 is 4.39 Å². The van der Waals surface area contributed by atoms with Crippen molar-refractivity contribution >= 4 is 0 Å². The van der Waals surface area contributed by atoms with Gasteiger partial charge in [-0.05, 0) is 44.2 Å². The highest BCUT2D eigenvalue weighted by Gasteiger charge is 2.52. The number of nitrogens with two attached hydrogens (primary N) is 1. The normalized spacial score (nSPS) is 33.3. The summed E-state index contributed by atoms with van der Waals surface area (Å²) in [5.41, 5.74) is 6.99. The molecule has 2 N–H and O–H groups in total. The van der Waals surface area contributed by atoms with Gasteiger partial charge in [-0.15, -0.1) is 0 Å². The molecule has 104 valence electrons. The number of benzene rings is 1. The number of rotatable bonds is 4. The van der Waals surface area contributed by atoms with Crippen LogP contribution in [-0.2, 0) is 6.54 Å². The molecule has 0 radical (unpaired) electrons. The standard InChI is InChI=1S/C16H23FN2/c1-19(10-13-4-2-3-5-15(13)17)16(11-18)9-12-6-7-14(16)8-12/h2-5,12,14H,6-11,18H2,1H3. The first-order valence-electron chi connectivity index (χ1n) is 7.30. The van der Waals surface area contributed by atoms with Gasteiger partial charge in [-0.2, -0.15) is 0 Å². The van der Waals surface area contributed by atoms with Crippen LogP contribution >= 0.6 is 0 Å². The monoisotopic (exact) mass is 262 g/mol. The Hall–Kier alpha value is -0.930. The second kappa shape index (κ2) is 4.88. The molecule has 0 amide bonds. The largest absolute Gasteiger partial charge is 0.329 e. The van der Waals surface area contributed by atoms with E-state index in [2.05, 4.69) is 11.9 Å². The van der Waals surface area contributed by atoms with Gasteiger partial charge in [0.2, 0.25) is 0 Å². The van der Waals surface area contributed by atoms with Gasteiger partial charge in [0.15, 0.2) is 0 Å². The van der Waals surface area contributed by atoms with Crippen LogP contribution in [0.3, 0.4) is 0 Å². The van der Waals surface area contributed by atoms with Crippen LogP contribution in [-0.4, -0.2) is 24.0 Å². The average Bonchev–Trinajstić information content (AvgIpc) is 3.02. The zero-order valence-electron chi connectivity index (χ0n) is 11.6. The van der Waals surface area contributed by atoms with Crippen molar-refractivity contribution in [1.29, 1.82) is 0 Å². The molecule has 2 nitrogen and oxygen atoms in total. The van der Waals surface area contributed by atoms with Crippen molar-refractivity contribution in [3.05, 3.63) is 35.6 Å². The first-order valence-corrected chi connectivity index (χ1v) is 7.30. The van der Waals surface area contributed by atoms with Crippen LogP contribution in [0.4, 0.5) is 4.39 Å². The summed E-state index contributed by atoms with van der Waals surface area (Å²) in [6.07, 6.45) is 5.17. The highest BCUT2D eigenvalue weighted by Crippen LogP contribution is 2.52. The third-order valence-corrected chi connectivity index (χ3v) is 5.42. The molecule has 3 rings (SSSR count). The average molecular weight is 262 g/mol. The van der Waals surface area contributed by atoms with Crippen LogP contribution in [0.15, 0.2) is 24.3 Å². The van der Waals surface area contributed by atoms with E-state index in [9.17, 15) is 4.39 Å². The van der Waals surface area contributed by atoms with Gasteiger partial charge in [0.1, 0.15) is 5.82 Å². The minimum Gasteiger partial charge on any atom is -0.329 e. The van der Waals surface area contributed by atoms with E-state index in [1.165, 1.54) is 25.7 Å². The highest BCUT2D eigenvalue weighted by molar-refractivity contribution is 5.18. The number of nitrogens with zero attached hydrogens (tertiary/aromatic N) is 1. The predicted molar refractivity (Wildman–Crippen MR) is 75.1 cm³/mol. The van der Waals surface area contributed by atoms with Gasteiger partial charge in [0.05, 0.1) is 0 Å².